The molecule has 3 rings (SSSR count). The van der Waals surface area contributed by atoms with Gasteiger partial charge in [-0.2, -0.15) is 0 Å². The van der Waals surface area contributed by atoms with E-state index in [2.05, 4.69) is 15.0 Å². The minimum Gasteiger partial charge on any atom is -0.309 e. The monoisotopic (exact) mass is 289 g/mol. The number of pyridine rings is 1. The van der Waals surface area contributed by atoms with Crippen molar-refractivity contribution in [1.29, 1.82) is 0 Å². The zero-order valence-corrected chi connectivity index (χ0v) is 11.7. The van der Waals surface area contributed by atoms with Gasteiger partial charge in [0.15, 0.2) is 0 Å². The van der Waals surface area contributed by atoms with Crippen molar-refractivity contribution in [2.75, 3.05) is 0 Å². The van der Waals surface area contributed by atoms with E-state index in [0.29, 0.717) is 4.90 Å². The zero-order chi connectivity index (χ0) is 14.0. The number of aromatic nitrogens is 1. The molecule has 1 aromatic heterocycles. The molecular weight excluding hydrogens is 274 g/mol. The number of rotatable bonds is 4. The van der Waals surface area contributed by atoms with Gasteiger partial charge in [0.25, 0.3) is 0 Å². The van der Waals surface area contributed by atoms with Crippen LogP contribution in [0.15, 0.2) is 47.6 Å². The van der Waals surface area contributed by atoms with Crippen LogP contribution in [-0.4, -0.2) is 13.4 Å². The Balaban J connectivity index is 1.78. The average Bonchev–Trinajstić information content (AvgIpc) is 2.94. The van der Waals surface area contributed by atoms with Crippen LogP contribution in [0.25, 0.3) is 0 Å². The predicted octanol–water partition coefficient (Wildman–Crippen LogP) is 1.16. The lowest BCUT2D eigenvalue weighted by Gasteiger charge is -2.08. The summed E-state index contributed by atoms with van der Waals surface area (Å²) in [6.45, 7) is 1.77. The molecule has 0 aliphatic carbocycles. The number of nitrogens with zero attached hydrogens (tertiary/aromatic N) is 1. The van der Waals surface area contributed by atoms with Crippen molar-refractivity contribution in [3.63, 3.8) is 0 Å². The van der Waals surface area contributed by atoms with E-state index >= 15 is 0 Å². The first-order valence-electron chi connectivity index (χ1n) is 6.36. The molecule has 1 aliphatic rings. The lowest BCUT2D eigenvalue weighted by Crippen LogP contribution is -2.23. The third-order valence-electron chi connectivity index (χ3n) is 3.31. The lowest BCUT2D eigenvalue weighted by molar-refractivity contribution is 0.581. The van der Waals surface area contributed by atoms with Gasteiger partial charge in [-0.1, -0.05) is 12.1 Å². The topological polar surface area (TPSA) is 71.1 Å². The zero-order valence-electron chi connectivity index (χ0n) is 10.8. The van der Waals surface area contributed by atoms with Gasteiger partial charge in [0.05, 0.1) is 4.90 Å². The molecule has 2 aromatic rings. The summed E-state index contributed by atoms with van der Waals surface area (Å²) in [4.78, 5) is 4.27. The van der Waals surface area contributed by atoms with E-state index in [4.69, 9.17) is 0 Å². The number of nitrogens with one attached hydrogen (secondary N) is 2. The van der Waals surface area contributed by atoms with E-state index in [1.54, 1.807) is 30.6 Å². The molecule has 1 aromatic carbocycles. The van der Waals surface area contributed by atoms with Gasteiger partial charge in [-0.3, -0.25) is 4.98 Å². The maximum Gasteiger partial charge on any atom is 0.240 e. The summed E-state index contributed by atoms with van der Waals surface area (Å²) in [5, 5.41) is 3.20. The molecule has 0 amide bonds. The van der Waals surface area contributed by atoms with E-state index in [0.717, 1.165) is 29.8 Å². The van der Waals surface area contributed by atoms with Crippen LogP contribution in [0.5, 0.6) is 0 Å². The van der Waals surface area contributed by atoms with Crippen LogP contribution in [-0.2, 0) is 29.7 Å². The molecule has 0 saturated carbocycles. The third kappa shape index (κ3) is 2.72. The molecule has 0 fully saturated rings. The highest BCUT2D eigenvalue weighted by Gasteiger charge is 2.17. The molecule has 1 aliphatic heterocycles. The van der Waals surface area contributed by atoms with Gasteiger partial charge in [-0.25, -0.2) is 13.1 Å². The second-order valence-corrected chi connectivity index (χ2v) is 6.49. The van der Waals surface area contributed by atoms with Crippen LogP contribution in [0.3, 0.4) is 0 Å². The first-order chi connectivity index (χ1) is 9.65. The van der Waals surface area contributed by atoms with E-state index in [1.807, 2.05) is 12.1 Å². The number of benzene rings is 1. The minimum absolute atomic E-state index is 0.242. The van der Waals surface area contributed by atoms with E-state index < -0.39 is 10.0 Å². The molecule has 5 nitrogen and oxygen atoms in total. The van der Waals surface area contributed by atoms with Gasteiger partial charge in [-0.05, 0) is 34.9 Å². The van der Waals surface area contributed by atoms with Crippen molar-refractivity contribution in [3.05, 3.63) is 59.4 Å². The quantitative estimate of drug-likeness (QED) is 0.886. The van der Waals surface area contributed by atoms with Crippen LogP contribution in [0.1, 0.15) is 16.7 Å². The summed E-state index contributed by atoms with van der Waals surface area (Å²) in [6, 6.07) is 8.87. The molecule has 2 heterocycles. The van der Waals surface area contributed by atoms with Crippen molar-refractivity contribution in [2.45, 2.75) is 24.5 Å². The Hall–Kier alpha value is -1.76. The maximum absolute atomic E-state index is 12.3. The Morgan fingerprint density at radius 2 is 2.05 bits per heavy atom. The third-order valence-corrected chi connectivity index (χ3v) is 4.71. The van der Waals surface area contributed by atoms with E-state index in [9.17, 15) is 8.42 Å². The van der Waals surface area contributed by atoms with Crippen molar-refractivity contribution < 1.29 is 8.42 Å². The van der Waals surface area contributed by atoms with Crippen molar-refractivity contribution in [2.24, 2.45) is 0 Å². The van der Waals surface area contributed by atoms with Gasteiger partial charge < -0.3 is 5.32 Å². The second-order valence-electron chi connectivity index (χ2n) is 4.72. The fraction of sp³-hybridized carbons (Fsp3) is 0.214. The van der Waals surface area contributed by atoms with Crippen molar-refractivity contribution in [3.8, 4) is 0 Å². The molecule has 0 atom stereocenters. The standard InChI is InChI=1S/C14H15N3O2S/c18-20(19,17-8-11-2-1-5-15-7-11)14-4-3-12-9-16-10-13(12)6-14/h1-7,16-17H,8-10H2. The maximum atomic E-state index is 12.3. The molecule has 0 radical (unpaired) electrons. The number of fused-ring (bicyclic) bond motifs is 1. The van der Waals surface area contributed by atoms with Crippen LogP contribution in [0, 0.1) is 0 Å². The number of sulfonamides is 1. The fourth-order valence-electron chi connectivity index (χ4n) is 2.20. The molecule has 104 valence electrons. The summed E-state index contributed by atoms with van der Waals surface area (Å²) >= 11 is 0. The smallest absolute Gasteiger partial charge is 0.240 e. The molecule has 0 saturated heterocycles. The highest BCUT2D eigenvalue weighted by Crippen LogP contribution is 2.20. The Morgan fingerprint density at radius 1 is 1.20 bits per heavy atom. The van der Waals surface area contributed by atoms with Crippen LogP contribution in [0.2, 0.25) is 0 Å². The summed E-state index contributed by atoms with van der Waals surface area (Å²) in [5.41, 5.74) is 3.05. The number of hydrogen-bond acceptors (Lipinski definition) is 4. The summed E-state index contributed by atoms with van der Waals surface area (Å²) in [5.74, 6) is 0. The highest BCUT2D eigenvalue weighted by atomic mass is 32.2. The molecule has 2 N–H and O–H groups in total. The largest absolute Gasteiger partial charge is 0.309 e. The van der Waals surface area contributed by atoms with Gasteiger partial charge >= 0.3 is 0 Å². The SMILES string of the molecule is O=S(=O)(NCc1cccnc1)c1ccc2c(c1)CNC2. The fourth-order valence-corrected chi connectivity index (χ4v) is 3.27. The lowest BCUT2D eigenvalue weighted by atomic mass is 10.1. The Labute approximate surface area is 118 Å². The van der Waals surface area contributed by atoms with Crippen LogP contribution in [0.4, 0.5) is 0 Å². The molecule has 20 heavy (non-hydrogen) atoms. The highest BCUT2D eigenvalue weighted by molar-refractivity contribution is 7.89. The molecular formula is C14H15N3O2S. The van der Waals surface area contributed by atoms with Crippen LogP contribution < -0.4 is 10.0 Å². The van der Waals surface area contributed by atoms with Crippen LogP contribution >= 0.6 is 0 Å². The van der Waals surface area contributed by atoms with Crippen molar-refractivity contribution in [1.82, 2.24) is 15.0 Å². The molecule has 0 spiro atoms. The molecule has 0 unspecified atom stereocenters. The Kier molecular flexibility index (Phi) is 3.52. The summed E-state index contributed by atoms with van der Waals surface area (Å²) in [6.07, 6.45) is 3.31. The van der Waals surface area contributed by atoms with E-state index in [1.165, 1.54) is 0 Å². The van der Waals surface area contributed by atoms with Gasteiger partial charge in [0.1, 0.15) is 0 Å². The minimum atomic E-state index is -3.49. The Bertz CT molecular complexity index is 714. The Morgan fingerprint density at radius 3 is 2.85 bits per heavy atom. The van der Waals surface area contributed by atoms with E-state index in [-0.39, 0.29) is 6.54 Å². The van der Waals surface area contributed by atoms with Gasteiger partial charge in [0.2, 0.25) is 10.0 Å². The van der Waals surface area contributed by atoms with Gasteiger partial charge in [-0.15, -0.1) is 0 Å². The normalized spacial score (nSPS) is 14.2. The summed E-state index contributed by atoms with van der Waals surface area (Å²) in [7, 11) is -3.49. The number of hydrogen-bond donors (Lipinski definition) is 2. The second kappa shape index (κ2) is 5.32. The first-order valence-corrected chi connectivity index (χ1v) is 7.84. The summed E-state index contributed by atoms with van der Waals surface area (Å²) < 4.78 is 27.1. The molecule has 6 heteroatoms. The van der Waals surface area contributed by atoms with Gasteiger partial charge in [0, 0.05) is 32.0 Å². The first kappa shape index (κ1) is 13.2. The average molecular weight is 289 g/mol. The van der Waals surface area contributed by atoms with Crippen molar-refractivity contribution >= 4 is 10.0 Å². The molecule has 0 bridgehead atoms. The predicted molar refractivity (Wildman–Crippen MR) is 75.2 cm³/mol.